The molecular formula is C18H19NO2. The van der Waals surface area contributed by atoms with E-state index in [-0.39, 0.29) is 5.92 Å². The standard InChI is InChI=1S/C18H19NO2/c1-13-6-8-14(9-7-13)12-19-11-10-16(18(20)21)15-4-2-3-5-17(15)19/h2-9,16H,10-12H2,1H3,(H,20,21). The molecule has 1 aliphatic rings. The quantitative estimate of drug-likeness (QED) is 0.935. The number of anilines is 1. The molecule has 1 N–H and O–H groups in total. The van der Waals surface area contributed by atoms with Crippen LogP contribution in [0.3, 0.4) is 0 Å². The molecule has 3 heteroatoms. The van der Waals surface area contributed by atoms with Gasteiger partial charge in [0.05, 0.1) is 5.92 Å². The first-order valence-electron chi connectivity index (χ1n) is 7.27. The van der Waals surface area contributed by atoms with Gasteiger partial charge in [-0.25, -0.2) is 0 Å². The van der Waals surface area contributed by atoms with Crippen LogP contribution in [0.2, 0.25) is 0 Å². The number of carboxylic acid groups (broad SMARTS) is 1. The van der Waals surface area contributed by atoms with Crippen LogP contribution in [0.1, 0.15) is 29.0 Å². The Labute approximate surface area is 124 Å². The fourth-order valence-corrected chi connectivity index (χ4v) is 2.97. The van der Waals surface area contributed by atoms with Crippen LogP contribution in [0.15, 0.2) is 48.5 Å². The lowest BCUT2D eigenvalue weighted by molar-refractivity contribution is -0.139. The number of aryl methyl sites for hydroxylation is 1. The molecule has 108 valence electrons. The van der Waals surface area contributed by atoms with Crippen molar-refractivity contribution in [1.29, 1.82) is 0 Å². The maximum Gasteiger partial charge on any atom is 0.311 e. The number of hydrogen-bond donors (Lipinski definition) is 1. The maximum atomic E-state index is 11.4. The van der Waals surface area contributed by atoms with Gasteiger partial charge in [-0.1, -0.05) is 48.0 Å². The minimum absolute atomic E-state index is 0.379. The van der Waals surface area contributed by atoms with Crippen LogP contribution in [-0.2, 0) is 11.3 Å². The van der Waals surface area contributed by atoms with E-state index in [1.54, 1.807) is 0 Å². The third-order valence-corrected chi connectivity index (χ3v) is 4.13. The SMILES string of the molecule is Cc1ccc(CN2CCC(C(=O)O)c3ccccc32)cc1. The molecule has 0 spiro atoms. The van der Waals surface area contributed by atoms with Gasteiger partial charge in [-0.3, -0.25) is 4.79 Å². The summed E-state index contributed by atoms with van der Waals surface area (Å²) in [5.74, 6) is -1.10. The second-order valence-corrected chi connectivity index (χ2v) is 5.65. The lowest BCUT2D eigenvalue weighted by atomic mass is 9.90. The van der Waals surface area contributed by atoms with E-state index in [9.17, 15) is 9.90 Å². The number of fused-ring (bicyclic) bond motifs is 1. The second-order valence-electron chi connectivity index (χ2n) is 5.65. The Morgan fingerprint density at radius 3 is 2.62 bits per heavy atom. The Morgan fingerprint density at radius 2 is 1.90 bits per heavy atom. The van der Waals surface area contributed by atoms with Gasteiger partial charge in [0.2, 0.25) is 0 Å². The first-order chi connectivity index (χ1) is 10.1. The summed E-state index contributed by atoms with van der Waals surface area (Å²) in [6, 6.07) is 16.4. The molecule has 0 saturated heterocycles. The summed E-state index contributed by atoms with van der Waals surface area (Å²) in [4.78, 5) is 13.7. The van der Waals surface area contributed by atoms with Crippen molar-refractivity contribution in [1.82, 2.24) is 0 Å². The number of benzene rings is 2. The normalized spacial score (nSPS) is 17.4. The van der Waals surface area contributed by atoms with Crippen molar-refractivity contribution >= 4 is 11.7 Å². The van der Waals surface area contributed by atoms with Gasteiger partial charge in [0.1, 0.15) is 0 Å². The van der Waals surface area contributed by atoms with Crippen LogP contribution >= 0.6 is 0 Å². The summed E-state index contributed by atoms with van der Waals surface area (Å²) >= 11 is 0. The van der Waals surface area contributed by atoms with Crippen molar-refractivity contribution in [3.05, 3.63) is 65.2 Å². The molecule has 0 aliphatic carbocycles. The summed E-state index contributed by atoms with van der Waals surface area (Å²) in [6.45, 7) is 3.68. The summed E-state index contributed by atoms with van der Waals surface area (Å²) in [6.07, 6.45) is 0.665. The Hall–Kier alpha value is -2.29. The molecule has 0 saturated carbocycles. The van der Waals surface area contributed by atoms with Crippen molar-refractivity contribution in [2.75, 3.05) is 11.4 Å². The summed E-state index contributed by atoms with van der Waals surface area (Å²) in [7, 11) is 0. The van der Waals surface area contributed by atoms with Crippen LogP contribution < -0.4 is 4.90 Å². The van der Waals surface area contributed by atoms with E-state index in [0.717, 1.165) is 24.3 Å². The predicted octanol–water partition coefficient (Wildman–Crippen LogP) is 3.57. The number of nitrogens with zero attached hydrogens (tertiary/aromatic N) is 1. The van der Waals surface area contributed by atoms with Crippen molar-refractivity contribution < 1.29 is 9.90 Å². The Bertz CT molecular complexity index is 649. The minimum Gasteiger partial charge on any atom is -0.481 e. The molecule has 2 aromatic rings. The molecule has 1 aliphatic heterocycles. The van der Waals surface area contributed by atoms with Gasteiger partial charge in [0.15, 0.2) is 0 Å². The maximum absolute atomic E-state index is 11.4. The number of hydrogen-bond acceptors (Lipinski definition) is 2. The van der Waals surface area contributed by atoms with Crippen molar-refractivity contribution in [2.45, 2.75) is 25.8 Å². The van der Waals surface area contributed by atoms with Gasteiger partial charge in [-0.05, 0) is 30.5 Å². The zero-order valence-electron chi connectivity index (χ0n) is 12.1. The minimum atomic E-state index is -0.725. The van der Waals surface area contributed by atoms with Gasteiger partial charge in [-0.15, -0.1) is 0 Å². The van der Waals surface area contributed by atoms with Crippen molar-refractivity contribution in [3.63, 3.8) is 0 Å². The lowest BCUT2D eigenvalue weighted by Crippen LogP contribution is -2.33. The Kier molecular flexibility index (Phi) is 3.65. The summed E-state index contributed by atoms with van der Waals surface area (Å²) in [5, 5.41) is 9.37. The average Bonchev–Trinajstić information content (AvgIpc) is 2.49. The van der Waals surface area contributed by atoms with E-state index in [0.29, 0.717) is 6.42 Å². The molecule has 2 aromatic carbocycles. The molecule has 0 fully saturated rings. The highest BCUT2D eigenvalue weighted by Crippen LogP contribution is 2.36. The molecule has 21 heavy (non-hydrogen) atoms. The highest BCUT2D eigenvalue weighted by molar-refractivity contribution is 5.80. The fourth-order valence-electron chi connectivity index (χ4n) is 2.97. The third-order valence-electron chi connectivity index (χ3n) is 4.13. The molecule has 0 amide bonds. The highest BCUT2D eigenvalue weighted by Gasteiger charge is 2.29. The monoisotopic (exact) mass is 281 g/mol. The van der Waals surface area contributed by atoms with Crippen LogP contribution in [0, 0.1) is 6.92 Å². The van der Waals surface area contributed by atoms with E-state index in [4.69, 9.17) is 0 Å². The van der Waals surface area contributed by atoms with E-state index in [1.165, 1.54) is 11.1 Å². The third kappa shape index (κ3) is 2.77. The van der Waals surface area contributed by atoms with Crippen LogP contribution in [0.5, 0.6) is 0 Å². The summed E-state index contributed by atoms with van der Waals surface area (Å²) in [5.41, 5.74) is 4.49. The Morgan fingerprint density at radius 1 is 1.19 bits per heavy atom. The van der Waals surface area contributed by atoms with Gasteiger partial charge in [0, 0.05) is 18.8 Å². The van der Waals surface area contributed by atoms with E-state index < -0.39 is 5.97 Å². The van der Waals surface area contributed by atoms with Crippen molar-refractivity contribution in [3.8, 4) is 0 Å². The number of aliphatic carboxylic acids is 1. The van der Waals surface area contributed by atoms with Crippen LogP contribution in [0.4, 0.5) is 5.69 Å². The largest absolute Gasteiger partial charge is 0.481 e. The van der Waals surface area contributed by atoms with Gasteiger partial charge < -0.3 is 10.0 Å². The molecule has 0 aromatic heterocycles. The average molecular weight is 281 g/mol. The topological polar surface area (TPSA) is 40.5 Å². The smallest absolute Gasteiger partial charge is 0.311 e. The molecule has 3 nitrogen and oxygen atoms in total. The molecule has 0 radical (unpaired) electrons. The number of rotatable bonds is 3. The van der Waals surface area contributed by atoms with Gasteiger partial charge >= 0.3 is 5.97 Å². The zero-order chi connectivity index (χ0) is 14.8. The first-order valence-corrected chi connectivity index (χ1v) is 7.27. The van der Waals surface area contributed by atoms with E-state index >= 15 is 0 Å². The lowest BCUT2D eigenvalue weighted by Gasteiger charge is -2.34. The molecule has 1 atom stereocenters. The molecular weight excluding hydrogens is 262 g/mol. The molecule has 0 bridgehead atoms. The highest BCUT2D eigenvalue weighted by atomic mass is 16.4. The number of carbonyl (C=O) groups is 1. The number of carboxylic acids is 1. The Balaban J connectivity index is 1.89. The van der Waals surface area contributed by atoms with Crippen LogP contribution in [-0.4, -0.2) is 17.6 Å². The fraction of sp³-hybridized carbons (Fsp3) is 0.278. The molecule has 1 heterocycles. The molecule has 3 rings (SSSR count). The molecule has 1 unspecified atom stereocenters. The number of para-hydroxylation sites is 1. The van der Waals surface area contributed by atoms with E-state index in [1.807, 2.05) is 24.3 Å². The second kappa shape index (κ2) is 5.60. The predicted molar refractivity (Wildman–Crippen MR) is 83.7 cm³/mol. The van der Waals surface area contributed by atoms with Crippen molar-refractivity contribution in [2.24, 2.45) is 0 Å². The zero-order valence-corrected chi connectivity index (χ0v) is 12.1. The summed E-state index contributed by atoms with van der Waals surface area (Å²) < 4.78 is 0. The van der Waals surface area contributed by atoms with E-state index in [2.05, 4.69) is 36.1 Å². The van der Waals surface area contributed by atoms with Gasteiger partial charge in [-0.2, -0.15) is 0 Å². The van der Waals surface area contributed by atoms with Crippen LogP contribution in [0.25, 0.3) is 0 Å². The van der Waals surface area contributed by atoms with Gasteiger partial charge in [0.25, 0.3) is 0 Å². The first kappa shape index (κ1) is 13.7.